The summed E-state index contributed by atoms with van der Waals surface area (Å²) in [6.45, 7) is 1.68. The number of amides is 2. The predicted octanol–water partition coefficient (Wildman–Crippen LogP) is 2.21. The number of nitrogens with zero attached hydrogens (tertiary/aromatic N) is 1. The van der Waals surface area contributed by atoms with E-state index in [0.29, 0.717) is 16.5 Å². The summed E-state index contributed by atoms with van der Waals surface area (Å²) in [5.41, 5.74) is 0.434. The number of carbonyl (C=O) groups excluding carboxylic acids is 2. The fourth-order valence-electron chi connectivity index (χ4n) is 1.35. The highest BCUT2D eigenvalue weighted by atomic mass is 35.5. The van der Waals surface area contributed by atoms with Gasteiger partial charge in [0.05, 0.1) is 0 Å². The zero-order chi connectivity index (χ0) is 13.8. The van der Waals surface area contributed by atoms with Gasteiger partial charge in [-0.1, -0.05) is 22.8 Å². The molecule has 0 atom stereocenters. The van der Waals surface area contributed by atoms with Crippen LogP contribution in [0.15, 0.2) is 34.9 Å². The first-order valence-corrected chi connectivity index (χ1v) is 5.73. The highest BCUT2D eigenvalue weighted by Gasteiger charge is 2.15. The van der Waals surface area contributed by atoms with Gasteiger partial charge in [0.25, 0.3) is 0 Å². The smallest absolute Gasteiger partial charge is 0.315 e. The van der Waals surface area contributed by atoms with Crippen molar-refractivity contribution < 1.29 is 14.1 Å². The lowest BCUT2D eigenvalue weighted by Crippen LogP contribution is -2.29. The molecule has 0 aliphatic rings. The van der Waals surface area contributed by atoms with E-state index in [2.05, 4.69) is 15.8 Å². The average Bonchev–Trinajstić information content (AvgIpc) is 2.74. The molecule has 2 aromatic rings. The van der Waals surface area contributed by atoms with Gasteiger partial charge in [-0.3, -0.25) is 14.9 Å². The highest BCUT2D eigenvalue weighted by molar-refractivity contribution is 6.43. The largest absolute Gasteiger partial charge is 0.360 e. The van der Waals surface area contributed by atoms with Crippen LogP contribution < -0.4 is 10.6 Å². The van der Waals surface area contributed by atoms with Gasteiger partial charge in [-0.2, -0.15) is 0 Å². The van der Waals surface area contributed by atoms with Crippen molar-refractivity contribution in [1.29, 1.82) is 0 Å². The SMILES string of the molecule is Cc1cc(NC(=O)C(=O)Nc2cccc(Cl)c2)no1. The van der Waals surface area contributed by atoms with Gasteiger partial charge in [0, 0.05) is 16.8 Å². The number of aryl methyl sites for hydroxylation is 1. The van der Waals surface area contributed by atoms with Gasteiger partial charge < -0.3 is 9.84 Å². The van der Waals surface area contributed by atoms with Crippen LogP contribution in [0.3, 0.4) is 0 Å². The lowest BCUT2D eigenvalue weighted by molar-refractivity contribution is -0.133. The molecule has 2 amide bonds. The van der Waals surface area contributed by atoms with Crippen LogP contribution in [0.25, 0.3) is 0 Å². The van der Waals surface area contributed by atoms with Gasteiger partial charge in [0.15, 0.2) is 5.82 Å². The second-order valence-electron chi connectivity index (χ2n) is 3.74. The van der Waals surface area contributed by atoms with Crippen molar-refractivity contribution in [3.8, 4) is 0 Å². The molecule has 1 aromatic carbocycles. The maximum atomic E-state index is 11.6. The van der Waals surface area contributed by atoms with Crippen molar-refractivity contribution in [2.75, 3.05) is 10.6 Å². The lowest BCUT2D eigenvalue weighted by Gasteiger charge is -2.04. The van der Waals surface area contributed by atoms with Crippen LogP contribution >= 0.6 is 11.6 Å². The van der Waals surface area contributed by atoms with Crippen LogP contribution in [0.4, 0.5) is 11.5 Å². The molecule has 0 saturated carbocycles. The molecule has 0 unspecified atom stereocenters. The molecule has 1 aromatic heterocycles. The summed E-state index contributed by atoms with van der Waals surface area (Å²) >= 11 is 5.77. The summed E-state index contributed by atoms with van der Waals surface area (Å²) in [4.78, 5) is 23.2. The van der Waals surface area contributed by atoms with Crippen molar-refractivity contribution in [3.05, 3.63) is 41.1 Å². The molecule has 2 rings (SSSR count). The maximum Gasteiger partial charge on any atom is 0.315 e. The summed E-state index contributed by atoms with van der Waals surface area (Å²) in [6.07, 6.45) is 0. The molecule has 0 aliphatic heterocycles. The molecule has 6 nitrogen and oxygen atoms in total. The number of halogens is 1. The van der Waals surface area contributed by atoms with Crippen LogP contribution in [-0.2, 0) is 9.59 Å². The van der Waals surface area contributed by atoms with Crippen molar-refractivity contribution in [1.82, 2.24) is 5.16 Å². The molecular formula is C12H10ClN3O3. The van der Waals surface area contributed by atoms with E-state index >= 15 is 0 Å². The van der Waals surface area contributed by atoms with Gasteiger partial charge in [-0.15, -0.1) is 0 Å². The first-order chi connectivity index (χ1) is 9.04. The first kappa shape index (κ1) is 13.1. The summed E-state index contributed by atoms with van der Waals surface area (Å²) in [6, 6.07) is 7.99. The van der Waals surface area contributed by atoms with E-state index in [1.165, 1.54) is 12.1 Å². The predicted molar refractivity (Wildman–Crippen MR) is 70.0 cm³/mol. The van der Waals surface area contributed by atoms with Crippen molar-refractivity contribution in [2.45, 2.75) is 6.92 Å². The van der Waals surface area contributed by atoms with Gasteiger partial charge in [0.1, 0.15) is 5.76 Å². The topological polar surface area (TPSA) is 84.2 Å². The van der Waals surface area contributed by atoms with E-state index in [-0.39, 0.29) is 5.82 Å². The van der Waals surface area contributed by atoms with Crippen LogP contribution in [-0.4, -0.2) is 17.0 Å². The standard InChI is InChI=1S/C12H10ClN3O3/c1-7-5-10(16-19-7)15-12(18)11(17)14-9-4-2-3-8(13)6-9/h2-6H,1H3,(H,14,17)(H,15,16,18). The van der Waals surface area contributed by atoms with Crippen molar-refractivity contribution in [2.24, 2.45) is 0 Å². The fourth-order valence-corrected chi connectivity index (χ4v) is 1.54. The zero-order valence-electron chi connectivity index (χ0n) is 9.94. The minimum atomic E-state index is -0.840. The second-order valence-corrected chi connectivity index (χ2v) is 4.18. The van der Waals surface area contributed by atoms with E-state index < -0.39 is 11.8 Å². The van der Waals surface area contributed by atoms with Gasteiger partial charge >= 0.3 is 11.8 Å². The van der Waals surface area contributed by atoms with E-state index in [9.17, 15) is 9.59 Å². The normalized spacial score (nSPS) is 10.0. The number of nitrogens with one attached hydrogen (secondary N) is 2. The van der Waals surface area contributed by atoms with Gasteiger partial charge in [-0.05, 0) is 25.1 Å². The van der Waals surface area contributed by atoms with Crippen LogP contribution in [0.1, 0.15) is 5.76 Å². The Kier molecular flexibility index (Phi) is 3.82. The second kappa shape index (κ2) is 5.53. The first-order valence-electron chi connectivity index (χ1n) is 5.36. The number of aromatic nitrogens is 1. The Labute approximate surface area is 113 Å². The maximum absolute atomic E-state index is 11.6. The minimum Gasteiger partial charge on any atom is -0.360 e. The number of rotatable bonds is 2. The summed E-state index contributed by atoms with van der Waals surface area (Å²) < 4.78 is 4.77. The third-order valence-electron chi connectivity index (χ3n) is 2.16. The van der Waals surface area contributed by atoms with Crippen LogP contribution in [0.2, 0.25) is 5.02 Å². The van der Waals surface area contributed by atoms with Crippen LogP contribution in [0, 0.1) is 6.92 Å². The Morgan fingerprint density at radius 2 is 1.95 bits per heavy atom. The molecule has 0 bridgehead atoms. The number of hydrogen-bond acceptors (Lipinski definition) is 4. The summed E-state index contributed by atoms with van der Waals surface area (Å²) in [7, 11) is 0. The Morgan fingerprint density at radius 3 is 2.58 bits per heavy atom. The Morgan fingerprint density at radius 1 is 1.21 bits per heavy atom. The molecular weight excluding hydrogens is 270 g/mol. The number of hydrogen-bond donors (Lipinski definition) is 2. The van der Waals surface area contributed by atoms with Gasteiger partial charge in [-0.25, -0.2) is 0 Å². The van der Waals surface area contributed by atoms with E-state index in [0.717, 1.165) is 0 Å². The Hall–Kier alpha value is -2.34. The Balaban J connectivity index is 1.98. The van der Waals surface area contributed by atoms with E-state index in [1.807, 2.05) is 0 Å². The molecule has 19 heavy (non-hydrogen) atoms. The molecule has 1 heterocycles. The quantitative estimate of drug-likeness (QED) is 0.826. The van der Waals surface area contributed by atoms with Crippen LogP contribution in [0.5, 0.6) is 0 Å². The third-order valence-corrected chi connectivity index (χ3v) is 2.39. The molecule has 0 saturated heterocycles. The lowest BCUT2D eigenvalue weighted by atomic mass is 10.3. The third kappa shape index (κ3) is 3.56. The van der Waals surface area contributed by atoms with E-state index in [4.69, 9.17) is 16.1 Å². The monoisotopic (exact) mass is 279 g/mol. The molecule has 98 valence electrons. The summed E-state index contributed by atoms with van der Waals surface area (Å²) in [5.74, 6) is -0.939. The van der Waals surface area contributed by atoms with Crippen molar-refractivity contribution in [3.63, 3.8) is 0 Å². The fraction of sp³-hybridized carbons (Fsp3) is 0.0833. The van der Waals surface area contributed by atoms with Crippen molar-refractivity contribution >= 4 is 34.9 Å². The minimum absolute atomic E-state index is 0.184. The number of anilines is 2. The average molecular weight is 280 g/mol. The van der Waals surface area contributed by atoms with Gasteiger partial charge in [0.2, 0.25) is 0 Å². The molecule has 2 N–H and O–H groups in total. The number of carbonyl (C=O) groups is 2. The molecule has 0 fully saturated rings. The zero-order valence-corrected chi connectivity index (χ0v) is 10.7. The number of benzene rings is 1. The molecule has 0 radical (unpaired) electrons. The van der Waals surface area contributed by atoms with E-state index in [1.54, 1.807) is 25.1 Å². The molecule has 7 heteroatoms. The highest BCUT2D eigenvalue weighted by Crippen LogP contribution is 2.15. The summed E-state index contributed by atoms with van der Waals surface area (Å²) in [5, 5.41) is 8.74. The Bertz CT molecular complexity index is 624. The molecule has 0 aliphatic carbocycles. The molecule has 0 spiro atoms.